The Morgan fingerprint density at radius 3 is 2.53 bits per heavy atom. The lowest BCUT2D eigenvalue weighted by molar-refractivity contribution is 0.0763. The molecule has 0 spiro atoms. The van der Waals surface area contributed by atoms with E-state index in [1.807, 2.05) is 17.0 Å². The minimum absolute atomic E-state index is 0.0466. The molecule has 0 aliphatic carbocycles. The Bertz CT molecular complexity index is 482. The van der Waals surface area contributed by atoms with Gasteiger partial charge in [0.1, 0.15) is 0 Å². The van der Waals surface area contributed by atoms with Crippen LogP contribution in [0.3, 0.4) is 0 Å². The van der Waals surface area contributed by atoms with Crippen molar-refractivity contribution in [1.82, 2.24) is 9.80 Å². The molecule has 1 aromatic carbocycles. The molecule has 19 heavy (non-hydrogen) atoms. The Balaban J connectivity index is 2.25. The smallest absolute Gasteiger partial charge is 0.253 e. The maximum absolute atomic E-state index is 12.0. The first-order chi connectivity index (χ1) is 8.82. The van der Waals surface area contributed by atoms with Crippen LogP contribution in [0.1, 0.15) is 22.8 Å². The number of nitrogens with zero attached hydrogens (tertiary/aromatic N) is 2. The van der Waals surface area contributed by atoms with Gasteiger partial charge in [-0.1, -0.05) is 19.1 Å². The number of likely N-dealkylation sites (tertiary alicyclic amines) is 1. The molecule has 0 atom stereocenters. The molecule has 3 nitrogen and oxygen atoms in total. The first-order valence-electron chi connectivity index (χ1n) is 6.47. The van der Waals surface area contributed by atoms with Crippen LogP contribution in [0.15, 0.2) is 24.3 Å². The molecular formula is C14H18B2N2O. The van der Waals surface area contributed by atoms with E-state index >= 15 is 0 Å². The zero-order chi connectivity index (χ0) is 14.2. The van der Waals surface area contributed by atoms with Crippen LogP contribution in [0.2, 0.25) is 0 Å². The molecule has 5 heteroatoms. The molecule has 1 amide bonds. The van der Waals surface area contributed by atoms with E-state index in [2.05, 4.69) is 6.92 Å². The van der Waals surface area contributed by atoms with Gasteiger partial charge in [0, 0.05) is 32.7 Å². The summed E-state index contributed by atoms with van der Waals surface area (Å²) in [6.07, 6.45) is 0. The van der Waals surface area contributed by atoms with Crippen molar-refractivity contribution >= 4 is 21.6 Å². The summed E-state index contributed by atoms with van der Waals surface area (Å²) in [5, 5.41) is -1.00. The van der Waals surface area contributed by atoms with Crippen molar-refractivity contribution in [3.05, 3.63) is 35.4 Å². The number of carbonyl (C=O) groups is 1. The summed E-state index contributed by atoms with van der Waals surface area (Å²) < 4.78 is 0. The van der Waals surface area contributed by atoms with Crippen LogP contribution in [0.5, 0.6) is 0 Å². The second kappa shape index (κ2) is 5.04. The third-order valence-electron chi connectivity index (χ3n) is 3.57. The van der Waals surface area contributed by atoms with E-state index in [0.29, 0.717) is 11.5 Å². The van der Waals surface area contributed by atoms with Gasteiger partial charge in [-0.25, -0.2) is 0 Å². The van der Waals surface area contributed by atoms with E-state index in [0.717, 1.165) is 18.7 Å². The van der Waals surface area contributed by atoms with E-state index in [4.69, 9.17) is 15.7 Å². The highest BCUT2D eigenvalue weighted by atomic mass is 16.2. The molecule has 0 bridgehead atoms. The maximum Gasteiger partial charge on any atom is 0.253 e. The van der Waals surface area contributed by atoms with Crippen LogP contribution in [0, 0.1) is 5.92 Å². The van der Waals surface area contributed by atoms with E-state index in [1.54, 1.807) is 31.1 Å². The van der Waals surface area contributed by atoms with Gasteiger partial charge < -0.3 is 9.80 Å². The highest BCUT2D eigenvalue weighted by Crippen LogP contribution is 2.29. The summed E-state index contributed by atoms with van der Waals surface area (Å²) in [5.41, 5.74) is 1.38. The molecule has 96 valence electrons. The normalized spacial score (nSPS) is 17.0. The summed E-state index contributed by atoms with van der Waals surface area (Å²) in [7, 11) is 15.9. The van der Waals surface area contributed by atoms with Crippen LogP contribution in [0.4, 0.5) is 0 Å². The molecule has 1 aliphatic rings. The quantitative estimate of drug-likeness (QED) is 0.742. The van der Waals surface area contributed by atoms with Gasteiger partial charge in [0.2, 0.25) is 0 Å². The monoisotopic (exact) mass is 252 g/mol. The zero-order valence-corrected chi connectivity index (χ0v) is 11.8. The van der Waals surface area contributed by atoms with E-state index in [-0.39, 0.29) is 5.91 Å². The standard InChI is InChI=1S/C14H18B2N2O/c1-10-8-18(9-10)14(15,16)12-6-4-5-11(7-12)13(19)17(2)3/h4-7,10H,8-9H2,1-3H3. The summed E-state index contributed by atoms with van der Waals surface area (Å²) in [4.78, 5) is 15.5. The third-order valence-corrected chi connectivity index (χ3v) is 3.57. The lowest BCUT2D eigenvalue weighted by Gasteiger charge is -2.50. The molecular weight excluding hydrogens is 234 g/mol. The first kappa shape index (κ1) is 14.2. The number of benzene rings is 1. The molecule has 1 aliphatic heterocycles. The van der Waals surface area contributed by atoms with Crippen LogP contribution in [-0.2, 0) is 5.34 Å². The molecule has 2 rings (SSSR count). The fraction of sp³-hybridized carbons (Fsp3) is 0.500. The summed E-state index contributed by atoms with van der Waals surface area (Å²) in [5.74, 6) is 0.577. The molecule has 4 radical (unpaired) electrons. The highest BCUT2D eigenvalue weighted by Gasteiger charge is 2.35. The van der Waals surface area contributed by atoms with E-state index < -0.39 is 5.34 Å². The number of hydrogen-bond acceptors (Lipinski definition) is 2. The fourth-order valence-corrected chi connectivity index (χ4v) is 2.34. The minimum atomic E-state index is -1.00. The van der Waals surface area contributed by atoms with Crippen molar-refractivity contribution in [1.29, 1.82) is 0 Å². The molecule has 1 heterocycles. The number of amides is 1. The highest BCUT2D eigenvalue weighted by molar-refractivity contribution is 6.39. The van der Waals surface area contributed by atoms with E-state index in [9.17, 15) is 4.79 Å². The van der Waals surface area contributed by atoms with Gasteiger partial charge in [0.05, 0.1) is 15.7 Å². The first-order valence-corrected chi connectivity index (χ1v) is 6.47. The van der Waals surface area contributed by atoms with Crippen molar-refractivity contribution in [3.63, 3.8) is 0 Å². The molecule has 0 unspecified atom stereocenters. The average molecular weight is 252 g/mol. The van der Waals surface area contributed by atoms with Crippen LogP contribution in [-0.4, -0.2) is 58.6 Å². The second-order valence-corrected chi connectivity index (χ2v) is 5.62. The predicted molar refractivity (Wildman–Crippen MR) is 78.4 cm³/mol. The lowest BCUT2D eigenvalue weighted by atomic mass is 9.55. The SMILES string of the molecule is [B]C([B])(c1cccc(C(=O)N(C)C)c1)N1CC(C)C1. The molecule has 1 saturated heterocycles. The molecule has 0 N–H and O–H groups in total. The largest absolute Gasteiger partial charge is 0.345 e. The average Bonchev–Trinajstić information content (AvgIpc) is 2.34. The summed E-state index contributed by atoms with van der Waals surface area (Å²) in [6.45, 7) is 3.94. The topological polar surface area (TPSA) is 23.6 Å². The summed E-state index contributed by atoms with van der Waals surface area (Å²) in [6, 6.07) is 7.26. The predicted octanol–water partition coefficient (Wildman–Crippen LogP) is 0.787. The van der Waals surface area contributed by atoms with Crippen LogP contribution < -0.4 is 0 Å². The molecule has 0 aromatic heterocycles. The van der Waals surface area contributed by atoms with Gasteiger partial charge in [-0.3, -0.25) is 4.79 Å². The minimum Gasteiger partial charge on any atom is -0.345 e. The van der Waals surface area contributed by atoms with Crippen molar-refractivity contribution < 1.29 is 4.79 Å². The fourth-order valence-electron chi connectivity index (χ4n) is 2.34. The molecule has 1 aromatic rings. The number of carbonyl (C=O) groups excluding carboxylic acids is 1. The van der Waals surface area contributed by atoms with Crippen molar-refractivity contribution in [2.45, 2.75) is 12.3 Å². The van der Waals surface area contributed by atoms with Crippen LogP contribution in [0.25, 0.3) is 0 Å². The van der Waals surface area contributed by atoms with Gasteiger partial charge in [-0.15, -0.1) is 0 Å². The Kier molecular flexibility index (Phi) is 3.77. The maximum atomic E-state index is 12.0. The van der Waals surface area contributed by atoms with Crippen molar-refractivity contribution in [2.75, 3.05) is 27.2 Å². The lowest BCUT2D eigenvalue weighted by Crippen LogP contribution is -2.58. The number of rotatable bonds is 3. The molecule has 1 fully saturated rings. The Labute approximate surface area is 117 Å². The van der Waals surface area contributed by atoms with E-state index in [1.165, 1.54) is 0 Å². The Morgan fingerprint density at radius 2 is 2.00 bits per heavy atom. The van der Waals surface area contributed by atoms with Crippen molar-refractivity contribution in [3.8, 4) is 0 Å². The van der Waals surface area contributed by atoms with Gasteiger partial charge in [-0.05, 0) is 29.0 Å². The third kappa shape index (κ3) is 2.71. The number of hydrogen-bond donors (Lipinski definition) is 0. The van der Waals surface area contributed by atoms with Gasteiger partial charge >= 0.3 is 0 Å². The Hall–Kier alpha value is -1.22. The van der Waals surface area contributed by atoms with Gasteiger partial charge in [-0.2, -0.15) is 0 Å². The Morgan fingerprint density at radius 1 is 1.37 bits per heavy atom. The van der Waals surface area contributed by atoms with Crippen molar-refractivity contribution in [2.24, 2.45) is 5.92 Å². The zero-order valence-electron chi connectivity index (χ0n) is 11.8. The van der Waals surface area contributed by atoms with Crippen LogP contribution >= 0.6 is 0 Å². The van der Waals surface area contributed by atoms with Gasteiger partial charge in [0.15, 0.2) is 0 Å². The second-order valence-electron chi connectivity index (χ2n) is 5.62. The summed E-state index contributed by atoms with van der Waals surface area (Å²) >= 11 is 0. The molecule has 0 saturated carbocycles. The van der Waals surface area contributed by atoms with Gasteiger partial charge in [0.25, 0.3) is 5.91 Å².